The molecular formula is C14H19F3N2. The number of aromatic nitrogens is 1. The molecule has 106 valence electrons. The molecule has 0 fully saturated rings. The molecule has 1 heterocycles. The summed E-state index contributed by atoms with van der Waals surface area (Å²) < 4.78 is 37.9. The quantitative estimate of drug-likeness (QED) is 0.705. The summed E-state index contributed by atoms with van der Waals surface area (Å²) >= 11 is 0. The fourth-order valence-electron chi connectivity index (χ4n) is 1.94. The minimum absolute atomic E-state index is 0.105. The van der Waals surface area contributed by atoms with Gasteiger partial charge in [-0.15, -0.1) is 0 Å². The summed E-state index contributed by atoms with van der Waals surface area (Å²) in [5, 5.41) is 0. The van der Waals surface area contributed by atoms with E-state index in [1.54, 1.807) is 0 Å². The number of rotatable bonds is 2. The van der Waals surface area contributed by atoms with E-state index in [0.717, 1.165) is 24.0 Å². The highest BCUT2D eigenvalue weighted by atomic mass is 19.4. The lowest BCUT2D eigenvalue weighted by Crippen LogP contribution is -2.25. The normalized spacial score (nSPS) is 14.1. The van der Waals surface area contributed by atoms with Gasteiger partial charge < -0.3 is 0 Å². The maximum atomic E-state index is 12.6. The average Bonchev–Trinajstić information content (AvgIpc) is 2.23. The predicted octanol–water partition coefficient (Wildman–Crippen LogP) is 4.88. The maximum absolute atomic E-state index is 12.6. The summed E-state index contributed by atoms with van der Waals surface area (Å²) in [6.45, 7) is 9.90. The zero-order valence-electron chi connectivity index (χ0n) is 11.8. The van der Waals surface area contributed by atoms with E-state index in [1.807, 2.05) is 34.6 Å². The van der Waals surface area contributed by atoms with Gasteiger partial charge in [0.05, 0.1) is 5.56 Å². The van der Waals surface area contributed by atoms with Crippen LogP contribution in [-0.2, 0) is 6.18 Å². The SMILES string of the molecule is CC(C)C(=Nc1cc(C(F)(F)F)ccn1)C(C)(C)C. The van der Waals surface area contributed by atoms with Crippen LogP contribution in [0.15, 0.2) is 23.3 Å². The van der Waals surface area contributed by atoms with Crippen molar-refractivity contribution in [2.24, 2.45) is 16.3 Å². The maximum Gasteiger partial charge on any atom is 0.416 e. The van der Waals surface area contributed by atoms with E-state index in [2.05, 4.69) is 9.98 Å². The number of hydrogen-bond acceptors (Lipinski definition) is 2. The van der Waals surface area contributed by atoms with E-state index in [9.17, 15) is 13.2 Å². The molecule has 2 nitrogen and oxygen atoms in total. The van der Waals surface area contributed by atoms with E-state index in [0.29, 0.717) is 0 Å². The lowest BCUT2D eigenvalue weighted by Gasteiger charge is -2.24. The molecule has 0 saturated heterocycles. The molecule has 19 heavy (non-hydrogen) atoms. The number of pyridine rings is 1. The third-order valence-corrected chi connectivity index (χ3v) is 2.62. The summed E-state index contributed by atoms with van der Waals surface area (Å²) in [6, 6.07) is 1.93. The van der Waals surface area contributed by atoms with Crippen LogP contribution in [0.4, 0.5) is 19.0 Å². The molecule has 0 aliphatic rings. The van der Waals surface area contributed by atoms with Gasteiger partial charge in [0.1, 0.15) is 0 Å². The van der Waals surface area contributed by atoms with Crippen molar-refractivity contribution in [3.05, 3.63) is 23.9 Å². The van der Waals surface area contributed by atoms with Gasteiger partial charge in [-0.25, -0.2) is 9.98 Å². The Balaban J connectivity index is 3.23. The van der Waals surface area contributed by atoms with Crippen molar-refractivity contribution in [3.63, 3.8) is 0 Å². The molecule has 0 radical (unpaired) electrons. The highest BCUT2D eigenvalue weighted by Crippen LogP contribution is 2.31. The minimum Gasteiger partial charge on any atom is -0.237 e. The summed E-state index contributed by atoms with van der Waals surface area (Å²) in [5.74, 6) is 0.254. The molecule has 1 rings (SSSR count). The van der Waals surface area contributed by atoms with Crippen molar-refractivity contribution in [1.29, 1.82) is 0 Å². The Bertz CT molecular complexity index is 468. The van der Waals surface area contributed by atoms with Crippen molar-refractivity contribution in [1.82, 2.24) is 4.98 Å². The first kappa shape index (κ1) is 15.7. The zero-order chi connectivity index (χ0) is 14.8. The van der Waals surface area contributed by atoms with Crippen molar-refractivity contribution < 1.29 is 13.2 Å². The molecule has 0 amide bonds. The molecular weight excluding hydrogens is 253 g/mol. The van der Waals surface area contributed by atoms with Gasteiger partial charge in [0.25, 0.3) is 0 Å². The second kappa shape index (κ2) is 5.31. The first-order chi connectivity index (χ1) is 8.51. The van der Waals surface area contributed by atoms with Crippen LogP contribution < -0.4 is 0 Å². The van der Waals surface area contributed by atoms with Gasteiger partial charge in [-0.2, -0.15) is 13.2 Å². The van der Waals surface area contributed by atoms with Crippen molar-refractivity contribution in [3.8, 4) is 0 Å². The first-order valence-corrected chi connectivity index (χ1v) is 6.14. The van der Waals surface area contributed by atoms with Crippen LogP contribution in [0.5, 0.6) is 0 Å². The standard InChI is InChI=1S/C14H19F3N2/c1-9(2)12(13(3,4)5)19-11-8-10(6-7-18-11)14(15,16)17/h6-9H,1-5H3. The smallest absolute Gasteiger partial charge is 0.237 e. The summed E-state index contributed by atoms with van der Waals surface area (Å²) in [4.78, 5) is 8.21. The van der Waals surface area contributed by atoms with Crippen LogP contribution in [0.2, 0.25) is 0 Å². The Labute approximate surface area is 111 Å². The van der Waals surface area contributed by atoms with E-state index >= 15 is 0 Å². The third-order valence-electron chi connectivity index (χ3n) is 2.62. The molecule has 0 saturated carbocycles. The van der Waals surface area contributed by atoms with Crippen LogP contribution in [0.1, 0.15) is 40.2 Å². The Morgan fingerprint density at radius 2 is 1.79 bits per heavy atom. The van der Waals surface area contributed by atoms with Crippen LogP contribution in [0.25, 0.3) is 0 Å². The largest absolute Gasteiger partial charge is 0.416 e. The molecule has 1 aromatic rings. The number of alkyl halides is 3. The highest BCUT2D eigenvalue weighted by molar-refractivity contribution is 5.92. The molecule has 0 atom stereocenters. The highest BCUT2D eigenvalue weighted by Gasteiger charge is 2.31. The fraction of sp³-hybridized carbons (Fsp3) is 0.571. The van der Waals surface area contributed by atoms with Gasteiger partial charge in [-0.3, -0.25) is 0 Å². The topological polar surface area (TPSA) is 25.2 Å². The Kier molecular flexibility index (Phi) is 4.38. The Hall–Kier alpha value is -1.39. The molecule has 0 aliphatic heterocycles. The monoisotopic (exact) mass is 272 g/mol. The van der Waals surface area contributed by atoms with E-state index in [4.69, 9.17) is 0 Å². The predicted molar refractivity (Wildman–Crippen MR) is 70.6 cm³/mol. The van der Waals surface area contributed by atoms with Gasteiger partial charge in [0.2, 0.25) is 0 Å². The summed E-state index contributed by atoms with van der Waals surface area (Å²) in [7, 11) is 0. The molecule has 0 bridgehead atoms. The van der Waals surface area contributed by atoms with E-state index in [-0.39, 0.29) is 17.2 Å². The summed E-state index contributed by atoms with van der Waals surface area (Å²) in [5.41, 5.74) is -0.0954. The minimum atomic E-state index is -4.37. The molecule has 5 heteroatoms. The van der Waals surface area contributed by atoms with Gasteiger partial charge in [-0.1, -0.05) is 34.6 Å². The first-order valence-electron chi connectivity index (χ1n) is 6.14. The van der Waals surface area contributed by atoms with Crippen LogP contribution in [-0.4, -0.2) is 10.7 Å². The zero-order valence-corrected chi connectivity index (χ0v) is 11.8. The van der Waals surface area contributed by atoms with E-state index < -0.39 is 11.7 Å². The lowest BCUT2D eigenvalue weighted by molar-refractivity contribution is -0.137. The number of aliphatic imine (C=N–C) groups is 1. The van der Waals surface area contributed by atoms with Gasteiger partial charge in [-0.05, 0) is 18.1 Å². The molecule has 0 unspecified atom stereocenters. The third kappa shape index (κ3) is 4.33. The van der Waals surface area contributed by atoms with E-state index in [1.165, 1.54) is 0 Å². The van der Waals surface area contributed by atoms with Gasteiger partial charge in [0.15, 0.2) is 5.82 Å². The van der Waals surface area contributed by atoms with Crippen LogP contribution >= 0.6 is 0 Å². The molecule has 0 aromatic carbocycles. The molecule has 1 aromatic heterocycles. The average molecular weight is 272 g/mol. The Morgan fingerprint density at radius 3 is 2.21 bits per heavy atom. The Morgan fingerprint density at radius 1 is 1.21 bits per heavy atom. The number of nitrogens with zero attached hydrogens (tertiary/aromatic N) is 2. The van der Waals surface area contributed by atoms with Crippen molar-refractivity contribution in [2.75, 3.05) is 0 Å². The second-order valence-electron chi connectivity index (χ2n) is 5.80. The second-order valence-corrected chi connectivity index (χ2v) is 5.80. The molecule has 0 N–H and O–H groups in total. The molecule has 0 aliphatic carbocycles. The fourth-order valence-corrected chi connectivity index (χ4v) is 1.94. The lowest BCUT2D eigenvalue weighted by atomic mass is 9.83. The van der Waals surface area contributed by atoms with Crippen molar-refractivity contribution >= 4 is 11.5 Å². The molecule has 0 spiro atoms. The van der Waals surface area contributed by atoms with Crippen LogP contribution in [0, 0.1) is 11.3 Å². The number of halogens is 3. The van der Waals surface area contributed by atoms with Gasteiger partial charge >= 0.3 is 6.18 Å². The van der Waals surface area contributed by atoms with Crippen molar-refractivity contribution in [2.45, 2.75) is 40.8 Å². The number of hydrogen-bond donors (Lipinski definition) is 0. The summed E-state index contributed by atoms with van der Waals surface area (Å²) in [6.07, 6.45) is -3.23. The van der Waals surface area contributed by atoms with Crippen LogP contribution in [0.3, 0.4) is 0 Å². The van der Waals surface area contributed by atoms with Gasteiger partial charge in [0, 0.05) is 17.3 Å².